The average Bonchev–Trinajstić information content (AvgIpc) is 2.17. The Balaban J connectivity index is 2.88. The van der Waals surface area contributed by atoms with Crippen LogP contribution in [-0.4, -0.2) is 12.3 Å². The Labute approximate surface area is 93.1 Å². The fourth-order valence-corrected chi connectivity index (χ4v) is 2.07. The molecule has 84 valence electrons. The van der Waals surface area contributed by atoms with E-state index in [-0.39, 0.29) is 4.90 Å². The number of nitrogens with two attached hydrogens (primary N) is 1. The van der Waals surface area contributed by atoms with Gasteiger partial charge in [-0.2, -0.15) is 0 Å². The first-order valence-electron chi connectivity index (χ1n) is 4.99. The highest BCUT2D eigenvalue weighted by molar-refractivity contribution is 7.99. The Bertz CT molecular complexity index is 305. The summed E-state index contributed by atoms with van der Waals surface area (Å²) in [4.78, 5) is 0.123. The summed E-state index contributed by atoms with van der Waals surface area (Å²) in [6.07, 6.45) is 1.40. The number of hydrogen-bond acceptors (Lipinski definition) is 2. The van der Waals surface area contributed by atoms with Crippen molar-refractivity contribution in [3.05, 3.63) is 29.3 Å². The van der Waals surface area contributed by atoms with Crippen molar-refractivity contribution in [2.45, 2.75) is 24.7 Å². The van der Waals surface area contributed by atoms with E-state index < -0.39 is 11.6 Å². The van der Waals surface area contributed by atoms with E-state index in [4.69, 9.17) is 5.73 Å². The Morgan fingerprint density at radius 2 is 1.87 bits per heavy atom. The predicted molar refractivity (Wildman–Crippen MR) is 60.1 cm³/mol. The zero-order valence-electron chi connectivity index (χ0n) is 8.72. The third kappa shape index (κ3) is 3.47. The lowest BCUT2D eigenvalue weighted by molar-refractivity contribution is 0.537. The summed E-state index contributed by atoms with van der Waals surface area (Å²) in [5.74, 6) is -0.224. The van der Waals surface area contributed by atoms with Gasteiger partial charge in [0, 0.05) is 0 Å². The molecule has 0 saturated heterocycles. The summed E-state index contributed by atoms with van der Waals surface area (Å²) >= 11 is 1.22. The summed E-state index contributed by atoms with van der Waals surface area (Å²) in [6, 6.07) is 2.74. The quantitative estimate of drug-likeness (QED) is 0.788. The van der Waals surface area contributed by atoms with Crippen molar-refractivity contribution in [2.24, 2.45) is 5.73 Å². The molecule has 1 aromatic rings. The van der Waals surface area contributed by atoms with Crippen molar-refractivity contribution in [1.82, 2.24) is 0 Å². The second-order valence-electron chi connectivity index (χ2n) is 3.28. The maximum Gasteiger partial charge on any atom is 0.140 e. The summed E-state index contributed by atoms with van der Waals surface area (Å²) in [5.41, 5.74) is 5.95. The lowest BCUT2D eigenvalue weighted by Crippen LogP contribution is -2.04. The number of rotatable bonds is 5. The summed E-state index contributed by atoms with van der Waals surface area (Å²) in [7, 11) is 0. The average molecular weight is 231 g/mol. The van der Waals surface area contributed by atoms with Crippen LogP contribution in [0.2, 0.25) is 0 Å². The number of benzene rings is 1. The minimum Gasteiger partial charge on any atom is -0.330 e. The molecule has 1 rings (SSSR count). The normalized spacial score (nSPS) is 10.7. The molecule has 0 fully saturated rings. The lowest BCUT2D eigenvalue weighted by Gasteiger charge is -2.06. The van der Waals surface area contributed by atoms with Gasteiger partial charge in [-0.3, -0.25) is 0 Å². The molecule has 0 atom stereocenters. The third-order valence-electron chi connectivity index (χ3n) is 1.94. The molecule has 0 unspecified atom stereocenters. The molecular formula is C11H15F2NS. The molecule has 0 radical (unpaired) electrons. The van der Waals surface area contributed by atoms with Crippen LogP contribution in [0.5, 0.6) is 0 Å². The van der Waals surface area contributed by atoms with Gasteiger partial charge in [0.1, 0.15) is 11.6 Å². The van der Waals surface area contributed by atoms with Crippen molar-refractivity contribution in [3.63, 3.8) is 0 Å². The molecule has 0 aromatic heterocycles. The fraction of sp³-hybridized carbons (Fsp3) is 0.455. The van der Waals surface area contributed by atoms with E-state index in [2.05, 4.69) is 0 Å². The van der Waals surface area contributed by atoms with Crippen LogP contribution in [0, 0.1) is 11.6 Å². The molecule has 0 saturated carbocycles. The smallest absolute Gasteiger partial charge is 0.140 e. The molecule has 1 aromatic carbocycles. The molecule has 2 N–H and O–H groups in total. The molecule has 1 nitrogen and oxygen atoms in total. The van der Waals surface area contributed by atoms with Crippen LogP contribution in [0.4, 0.5) is 8.78 Å². The second-order valence-corrected chi connectivity index (χ2v) is 4.38. The van der Waals surface area contributed by atoms with E-state index in [9.17, 15) is 8.78 Å². The van der Waals surface area contributed by atoms with Gasteiger partial charge in [0.25, 0.3) is 0 Å². The van der Waals surface area contributed by atoms with E-state index in [1.165, 1.54) is 23.9 Å². The van der Waals surface area contributed by atoms with Crippen molar-refractivity contribution in [2.75, 3.05) is 12.3 Å². The zero-order valence-corrected chi connectivity index (χ0v) is 9.54. The molecule has 0 heterocycles. The van der Waals surface area contributed by atoms with E-state index in [1.54, 1.807) is 0 Å². The van der Waals surface area contributed by atoms with Gasteiger partial charge in [-0.05, 0) is 42.8 Å². The molecule has 0 spiro atoms. The minimum absolute atomic E-state index is 0.123. The van der Waals surface area contributed by atoms with E-state index >= 15 is 0 Å². The number of hydrogen-bond donors (Lipinski definition) is 1. The Hall–Kier alpha value is -0.610. The van der Waals surface area contributed by atoms with Crippen LogP contribution in [-0.2, 0) is 6.42 Å². The summed E-state index contributed by atoms with van der Waals surface area (Å²) < 4.78 is 26.9. The molecule has 0 aliphatic carbocycles. The van der Waals surface area contributed by atoms with E-state index in [1.807, 2.05) is 6.92 Å². The Morgan fingerprint density at radius 3 is 2.33 bits per heavy atom. The molecule has 15 heavy (non-hydrogen) atoms. The van der Waals surface area contributed by atoms with Crippen LogP contribution in [0.3, 0.4) is 0 Å². The van der Waals surface area contributed by atoms with Gasteiger partial charge in [0.05, 0.1) is 4.90 Å². The second kappa shape index (κ2) is 6.08. The third-order valence-corrected chi connectivity index (χ3v) is 3.23. The van der Waals surface area contributed by atoms with E-state index in [0.717, 1.165) is 12.2 Å². The van der Waals surface area contributed by atoms with Gasteiger partial charge in [0.15, 0.2) is 0 Å². The van der Waals surface area contributed by atoms with E-state index in [0.29, 0.717) is 18.5 Å². The monoisotopic (exact) mass is 231 g/mol. The van der Waals surface area contributed by atoms with Crippen molar-refractivity contribution >= 4 is 11.8 Å². The highest BCUT2D eigenvalue weighted by atomic mass is 32.2. The predicted octanol–water partition coefficient (Wildman–Crippen LogP) is 2.97. The van der Waals surface area contributed by atoms with Gasteiger partial charge in [-0.1, -0.05) is 6.92 Å². The highest BCUT2D eigenvalue weighted by Gasteiger charge is 2.10. The topological polar surface area (TPSA) is 26.0 Å². The van der Waals surface area contributed by atoms with Gasteiger partial charge in [-0.25, -0.2) is 8.78 Å². The van der Waals surface area contributed by atoms with Crippen LogP contribution in [0.1, 0.15) is 18.9 Å². The van der Waals surface area contributed by atoms with Gasteiger partial charge < -0.3 is 5.73 Å². The number of thioether (sulfide) groups is 1. The zero-order chi connectivity index (χ0) is 11.3. The van der Waals surface area contributed by atoms with Crippen LogP contribution in [0.15, 0.2) is 17.0 Å². The first-order valence-corrected chi connectivity index (χ1v) is 5.98. The lowest BCUT2D eigenvalue weighted by atomic mass is 10.1. The SMILES string of the molecule is CCCSc1c(F)cc(CCN)cc1F. The van der Waals surface area contributed by atoms with Crippen molar-refractivity contribution in [1.29, 1.82) is 0 Å². The first kappa shape index (κ1) is 12.5. The number of halogens is 2. The fourth-order valence-electron chi connectivity index (χ4n) is 1.27. The highest BCUT2D eigenvalue weighted by Crippen LogP contribution is 2.26. The van der Waals surface area contributed by atoms with Crippen LogP contribution in [0.25, 0.3) is 0 Å². The van der Waals surface area contributed by atoms with Crippen LogP contribution >= 0.6 is 11.8 Å². The molecule has 0 aliphatic rings. The summed E-state index contributed by atoms with van der Waals surface area (Å²) in [6.45, 7) is 2.38. The standard InChI is InChI=1S/C11H15F2NS/c1-2-5-15-11-9(12)6-8(3-4-14)7-10(11)13/h6-7H,2-5,14H2,1H3. The van der Waals surface area contributed by atoms with Gasteiger partial charge in [0.2, 0.25) is 0 Å². The molecule has 0 aliphatic heterocycles. The maximum absolute atomic E-state index is 13.5. The first-order chi connectivity index (χ1) is 7.19. The largest absolute Gasteiger partial charge is 0.330 e. The Kier molecular flexibility index (Phi) is 5.05. The summed E-state index contributed by atoms with van der Waals surface area (Å²) in [5, 5.41) is 0. The van der Waals surface area contributed by atoms with Crippen molar-refractivity contribution < 1.29 is 8.78 Å². The van der Waals surface area contributed by atoms with Crippen molar-refractivity contribution in [3.8, 4) is 0 Å². The molecule has 0 bridgehead atoms. The van der Waals surface area contributed by atoms with Gasteiger partial charge >= 0.3 is 0 Å². The molecule has 0 amide bonds. The molecule has 4 heteroatoms. The maximum atomic E-state index is 13.5. The Morgan fingerprint density at radius 1 is 1.27 bits per heavy atom. The minimum atomic E-state index is -0.475. The van der Waals surface area contributed by atoms with Crippen LogP contribution < -0.4 is 5.73 Å². The van der Waals surface area contributed by atoms with Gasteiger partial charge in [-0.15, -0.1) is 11.8 Å². The molecular weight excluding hydrogens is 216 g/mol.